The molecular weight excluding hydrogens is 453 g/mol. The lowest BCUT2D eigenvalue weighted by atomic mass is 10.0. The first-order valence-electron chi connectivity index (χ1n) is 9.58. The van der Waals surface area contributed by atoms with Gasteiger partial charge in [0.25, 0.3) is 0 Å². The van der Waals surface area contributed by atoms with Crippen LogP contribution in [0.4, 0.5) is 0 Å². The predicted octanol–water partition coefficient (Wildman–Crippen LogP) is 3.48. The Hall–Kier alpha value is -1.54. The minimum atomic E-state index is 0. The lowest BCUT2D eigenvalue weighted by Crippen LogP contribution is -2.45. The van der Waals surface area contributed by atoms with Crippen molar-refractivity contribution < 1.29 is 9.15 Å². The van der Waals surface area contributed by atoms with Gasteiger partial charge in [0.1, 0.15) is 5.76 Å². The first kappa shape index (κ1) is 20.2. The van der Waals surface area contributed by atoms with Crippen LogP contribution in [0.25, 0.3) is 0 Å². The van der Waals surface area contributed by atoms with Crippen LogP contribution in [0, 0.1) is 5.92 Å². The normalized spacial score (nSPS) is 19.5. The Kier molecular flexibility index (Phi) is 7.58. The molecule has 1 aromatic carbocycles. The van der Waals surface area contributed by atoms with Gasteiger partial charge in [-0.2, -0.15) is 0 Å². The van der Waals surface area contributed by atoms with E-state index in [0.717, 1.165) is 70.4 Å². The fraction of sp³-hybridized carbons (Fsp3) is 0.476. The Morgan fingerprint density at radius 3 is 2.85 bits per heavy atom. The second-order valence-electron chi connectivity index (χ2n) is 7.09. The molecule has 1 atom stereocenters. The molecule has 3 heterocycles. The standard InChI is InChI=1S/C21H27N3O2.HI/c1-2-5-19-15-24(11-8-18(19)4-1)21(23-14-17-9-13-25-16-17)22-10-7-20-6-3-12-26-20;/h1-6,12,17H,7-11,13-16H2,(H,22,23);1H. The van der Waals surface area contributed by atoms with Crippen molar-refractivity contribution in [3.8, 4) is 0 Å². The first-order chi connectivity index (χ1) is 12.9. The van der Waals surface area contributed by atoms with E-state index in [4.69, 9.17) is 14.1 Å². The second kappa shape index (κ2) is 10.1. The fourth-order valence-corrected chi connectivity index (χ4v) is 3.64. The molecule has 0 amide bonds. The Balaban J connectivity index is 0.00000210. The number of hydrogen-bond donors (Lipinski definition) is 1. The Bertz CT molecular complexity index is 727. The van der Waals surface area contributed by atoms with Crippen molar-refractivity contribution in [3.05, 3.63) is 59.5 Å². The van der Waals surface area contributed by atoms with Gasteiger partial charge in [0, 0.05) is 45.1 Å². The molecule has 1 aromatic heterocycles. The van der Waals surface area contributed by atoms with Gasteiger partial charge in [-0.3, -0.25) is 4.99 Å². The van der Waals surface area contributed by atoms with Gasteiger partial charge in [0.2, 0.25) is 0 Å². The molecule has 2 aliphatic heterocycles. The van der Waals surface area contributed by atoms with Gasteiger partial charge in [-0.1, -0.05) is 24.3 Å². The van der Waals surface area contributed by atoms with E-state index in [1.54, 1.807) is 6.26 Å². The Labute approximate surface area is 178 Å². The number of nitrogens with one attached hydrogen (secondary N) is 1. The van der Waals surface area contributed by atoms with E-state index in [2.05, 4.69) is 34.5 Å². The fourth-order valence-electron chi connectivity index (χ4n) is 3.64. The minimum Gasteiger partial charge on any atom is -0.469 e. The summed E-state index contributed by atoms with van der Waals surface area (Å²) < 4.78 is 10.9. The van der Waals surface area contributed by atoms with Crippen LogP contribution in [0.1, 0.15) is 23.3 Å². The molecule has 1 fully saturated rings. The number of rotatable bonds is 5. The van der Waals surface area contributed by atoms with Crippen molar-refractivity contribution in [3.63, 3.8) is 0 Å². The van der Waals surface area contributed by atoms with Gasteiger partial charge in [-0.05, 0) is 36.1 Å². The van der Waals surface area contributed by atoms with E-state index in [1.807, 2.05) is 12.1 Å². The predicted molar refractivity (Wildman–Crippen MR) is 118 cm³/mol. The van der Waals surface area contributed by atoms with Crippen molar-refractivity contribution in [2.45, 2.75) is 25.8 Å². The lowest BCUT2D eigenvalue weighted by molar-refractivity contribution is 0.187. The van der Waals surface area contributed by atoms with Gasteiger partial charge >= 0.3 is 0 Å². The molecule has 6 heteroatoms. The summed E-state index contributed by atoms with van der Waals surface area (Å²) in [7, 11) is 0. The molecule has 1 N–H and O–H groups in total. The summed E-state index contributed by atoms with van der Waals surface area (Å²) in [5, 5.41) is 3.56. The van der Waals surface area contributed by atoms with Crippen LogP contribution in [-0.4, -0.2) is 43.7 Å². The van der Waals surface area contributed by atoms with Crippen molar-refractivity contribution >= 4 is 29.9 Å². The zero-order valence-electron chi connectivity index (χ0n) is 15.6. The molecular formula is C21H28IN3O2. The average Bonchev–Trinajstić information content (AvgIpc) is 3.38. The first-order valence-corrected chi connectivity index (χ1v) is 9.58. The topological polar surface area (TPSA) is 50.0 Å². The summed E-state index contributed by atoms with van der Waals surface area (Å²) in [5.74, 6) is 2.57. The molecule has 1 unspecified atom stereocenters. The number of benzene rings is 1. The molecule has 0 radical (unpaired) electrons. The molecule has 0 spiro atoms. The summed E-state index contributed by atoms with van der Waals surface area (Å²) in [4.78, 5) is 7.32. The third-order valence-corrected chi connectivity index (χ3v) is 5.19. The summed E-state index contributed by atoms with van der Waals surface area (Å²) in [5.41, 5.74) is 2.87. The van der Waals surface area contributed by atoms with E-state index in [0.29, 0.717) is 5.92 Å². The van der Waals surface area contributed by atoms with E-state index in [9.17, 15) is 0 Å². The minimum absolute atomic E-state index is 0. The molecule has 2 aliphatic rings. The zero-order valence-corrected chi connectivity index (χ0v) is 17.9. The number of halogens is 1. The van der Waals surface area contributed by atoms with Crippen molar-refractivity contribution in [1.82, 2.24) is 10.2 Å². The summed E-state index contributed by atoms with van der Waals surface area (Å²) in [6.45, 7) is 5.30. The number of guanidine groups is 1. The van der Waals surface area contributed by atoms with Crippen molar-refractivity contribution in [2.24, 2.45) is 10.9 Å². The van der Waals surface area contributed by atoms with Crippen LogP contribution in [0.3, 0.4) is 0 Å². The molecule has 0 saturated carbocycles. The van der Waals surface area contributed by atoms with Gasteiger partial charge in [0.15, 0.2) is 5.96 Å². The van der Waals surface area contributed by atoms with Gasteiger partial charge in [0.05, 0.1) is 12.9 Å². The molecule has 2 aromatic rings. The largest absolute Gasteiger partial charge is 0.469 e. The maximum absolute atomic E-state index is 5.50. The van der Waals surface area contributed by atoms with Crippen molar-refractivity contribution in [1.29, 1.82) is 0 Å². The van der Waals surface area contributed by atoms with Crippen molar-refractivity contribution in [2.75, 3.05) is 32.8 Å². The molecule has 0 aliphatic carbocycles. The number of aliphatic imine (C=N–C) groups is 1. The van der Waals surface area contributed by atoms with Crippen LogP contribution < -0.4 is 5.32 Å². The number of fused-ring (bicyclic) bond motifs is 1. The maximum Gasteiger partial charge on any atom is 0.194 e. The second-order valence-corrected chi connectivity index (χ2v) is 7.09. The zero-order chi connectivity index (χ0) is 17.6. The highest BCUT2D eigenvalue weighted by molar-refractivity contribution is 14.0. The number of furan rings is 1. The number of ether oxygens (including phenoxy) is 1. The smallest absolute Gasteiger partial charge is 0.194 e. The van der Waals surface area contributed by atoms with E-state index >= 15 is 0 Å². The summed E-state index contributed by atoms with van der Waals surface area (Å²) in [6, 6.07) is 12.7. The molecule has 1 saturated heterocycles. The average molecular weight is 481 g/mol. The van der Waals surface area contributed by atoms with Gasteiger partial charge in [-0.25, -0.2) is 0 Å². The highest BCUT2D eigenvalue weighted by Gasteiger charge is 2.20. The molecule has 4 rings (SSSR count). The molecule has 146 valence electrons. The van der Waals surface area contributed by atoms with E-state index < -0.39 is 0 Å². The third kappa shape index (κ3) is 5.48. The van der Waals surface area contributed by atoms with Crippen LogP contribution >= 0.6 is 24.0 Å². The van der Waals surface area contributed by atoms with Crippen LogP contribution in [0.5, 0.6) is 0 Å². The third-order valence-electron chi connectivity index (χ3n) is 5.19. The van der Waals surface area contributed by atoms with E-state index in [-0.39, 0.29) is 24.0 Å². The highest BCUT2D eigenvalue weighted by atomic mass is 127. The Morgan fingerprint density at radius 1 is 1.19 bits per heavy atom. The monoisotopic (exact) mass is 481 g/mol. The van der Waals surface area contributed by atoms with Gasteiger partial charge in [-0.15, -0.1) is 24.0 Å². The summed E-state index contributed by atoms with van der Waals surface area (Å²) >= 11 is 0. The summed E-state index contributed by atoms with van der Waals surface area (Å²) in [6.07, 6.45) is 4.78. The number of hydrogen-bond acceptors (Lipinski definition) is 3. The van der Waals surface area contributed by atoms with E-state index in [1.165, 1.54) is 11.1 Å². The molecule has 5 nitrogen and oxygen atoms in total. The molecule has 0 bridgehead atoms. The number of nitrogens with zero attached hydrogens (tertiary/aromatic N) is 2. The SMILES string of the molecule is I.c1coc(CCNC(=NCC2CCOC2)N2CCc3ccccc3C2)c1. The van der Waals surface area contributed by atoms with Crippen LogP contribution in [-0.2, 0) is 24.1 Å². The lowest BCUT2D eigenvalue weighted by Gasteiger charge is -2.32. The Morgan fingerprint density at radius 2 is 2.07 bits per heavy atom. The van der Waals surface area contributed by atoms with Crippen LogP contribution in [0.15, 0.2) is 52.1 Å². The maximum atomic E-state index is 5.50. The van der Waals surface area contributed by atoms with Crippen LogP contribution in [0.2, 0.25) is 0 Å². The quantitative estimate of drug-likeness (QED) is 0.404. The molecule has 27 heavy (non-hydrogen) atoms. The van der Waals surface area contributed by atoms with Gasteiger partial charge < -0.3 is 19.4 Å². The highest BCUT2D eigenvalue weighted by Crippen LogP contribution is 2.19.